The monoisotopic (exact) mass is 304 g/mol. The predicted molar refractivity (Wildman–Crippen MR) is 81.8 cm³/mol. The zero-order valence-corrected chi connectivity index (χ0v) is 13.0. The maximum Gasteiger partial charge on any atom is 0.0640 e. The van der Waals surface area contributed by atoms with Crippen molar-refractivity contribution in [2.24, 2.45) is 5.73 Å². The van der Waals surface area contributed by atoms with Gasteiger partial charge in [0.1, 0.15) is 0 Å². The van der Waals surface area contributed by atoms with Gasteiger partial charge in [-0.25, -0.2) is 0 Å². The highest BCUT2D eigenvalue weighted by Crippen LogP contribution is 2.30. The molecule has 2 atom stereocenters. The first-order valence-electron chi connectivity index (χ1n) is 6.48. The molecule has 0 aliphatic carbocycles. The largest absolute Gasteiger partial charge is 0.393 e. The Kier molecular flexibility index (Phi) is 7.11. The molecule has 0 amide bonds. The van der Waals surface area contributed by atoms with Crippen LogP contribution in [0, 0.1) is 0 Å². The molecule has 0 saturated heterocycles. The van der Waals surface area contributed by atoms with Crippen molar-refractivity contribution < 1.29 is 5.11 Å². The first-order valence-corrected chi connectivity index (χ1v) is 7.23. The third-order valence-electron chi connectivity index (χ3n) is 3.13. The van der Waals surface area contributed by atoms with Crippen molar-refractivity contribution in [3.8, 4) is 0 Å². The molecular weight excluding hydrogens is 283 g/mol. The van der Waals surface area contributed by atoms with Gasteiger partial charge in [-0.15, -0.1) is 0 Å². The zero-order chi connectivity index (χ0) is 14.4. The van der Waals surface area contributed by atoms with E-state index in [9.17, 15) is 5.11 Å². The van der Waals surface area contributed by atoms with Gasteiger partial charge in [-0.05, 0) is 45.0 Å². The first-order chi connectivity index (χ1) is 8.91. The fourth-order valence-electron chi connectivity index (χ4n) is 1.84. The summed E-state index contributed by atoms with van der Waals surface area (Å²) in [5.41, 5.74) is 7.04. The van der Waals surface area contributed by atoms with E-state index in [-0.39, 0.29) is 12.1 Å². The number of nitrogens with zero attached hydrogens (tertiary/aromatic N) is 1. The second-order valence-electron chi connectivity index (χ2n) is 4.98. The Morgan fingerprint density at radius 3 is 2.53 bits per heavy atom. The lowest BCUT2D eigenvalue weighted by Crippen LogP contribution is -2.26. The summed E-state index contributed by atoms with van der Waals surface area (Å²) in [6.45, 7) is 3.51. The van der Waals surface area contributed by atoms with Crippen LogP contribution in [0.25, 0.3) is 0 Å². The molecule has 1 rings (SSSR count). The van der Waals surface area contributed by atoms with Crippen molar-refractivity contribution in [3.05, 3.63) is 33.8 Å². The van der Waals surface area contributed by atoms with Crippen LogP contribution in [0.15, 0.2) is 18.2 Å². The first kappa shape index (κ1) is 16.7. The van der Waals surface area contributed by atoms with Gasteiger partial charge in [0, 0.05) is 12.6 Å². The second-order valence-corrected chi connectivity index (χ2v) is 5.76. The molecule has 0 heterocycles. The molecule has 0 aromatic heterocycles. The zero-order valence-electron chi connectivity index (χ0n) is 11.4. The molecule has 0 saturated carbocycles. The van der Waals surface area contributed by atoms with Gasteiger partial charge in [-0.1, -0.05) is 35.3 Å². The number of halogens is 2. The summed E-state index contributed by atoms with van der Waals surface area (Å²) in [7, 11) is 2.02. The summed E-state index contributed by atoms with van der Waals surface area (Å²) in [5.74, 6) is 0. The van der Waals surface area contributed by atoms with E-state index in [0.717, 1.165) is 31.5 Å². The Balaban J connectivity index is 2.47. The summed E-state index contributed by atoms with van der Waals surface area (Å²) in [4.78, 5) is 2.16. The van der Waals surface area contributed by atoms with E-state index in [2.05, 4.69) is 4.90 Å². The molecule has 0 aliphatic heterocycles. The quantitative estimate of drug-likeness (QED) is 0.814. The third-order valence-corrected chi connectivity index (χ3v) is 3.96. The van der Waals surface area contributed by atoms with E-state index in [4.69, 9.17) is 28.9 Å². The van der Waals surface area contributed by atoms with Crippen molar-refractivity contribution >= 4 is 23.2 Å². The molecule has 19 heavy (non-hydrogen) atoms. The highest BCUT2D eigenvalue weighted by atomic mass is 35.5. The minimum Gasteiger partial charge on any atom is -0.393 e. The van der Waals surface area contributed by atoms with Crippen LogP contribution in [0.3, 0.4) is 0 Å². The van der Waals surface area contributed by atoms with Crippen LogP contribution >= 0.6 is 23.2 Å². The van der Waals surface area contributed by atoms with Crippen LogP contribution in [-0.4, -0.2) is 36.2 Å². The summed E-state index contributed by atoms with van der Waals surface area (Å²) >= 11 is 12.1. The maximum absolute atomic E-state index is 9.24. The average molecular weight is 305 g/mol. The van der Waals surface area contributed by atoms with Crippen LogP contribution < -0.4 is 5.73 Å². The molecule has 2 unspecified atom stereocenters. The summed E-state index contributed by atoms with van der Waals surface area (Å²) in [6, 6.07) is 5.41. The minimum absolute atomic E-state index is 0.125. The van der Waals surface area contributed by atoms with E-state index in [1.54, 1.807) is 13.0 Å². The smallest absolute Gasteiger partial charge is 0.0640 e. The summed E-state index contributed by atoms with van der Waals surface area (Å²) in [6.07, 6.45) is 1.30. The SMILES string of the molecule is CC(O)CCN(C)CCC(N)c1cccc(Cl)c1Cl. The van der Waals surface area contributed by atoms with E-state index in [0.29, 0.717) is 10.0 Å². The lowest BCUT2D eigenvalue weighted by Gasteiger charge is -2.20. The Bertz CT molecular complexity index is 399. The van der Waals surface area contributed by atoms with Crippen LogP contribution in [0.4, 0.5) is 0 Å². The molecule has 3 nitrogen and oxygen atoms in total. The van der Waals surface area contributed by atoms with Crippen molar-refractivity contribution in [1.29, 1.82) is 0 Å². The number of nitrogens with two attached hydrogens (primary N) is 1. The second kappa shape index (κ2) is 8.08. The number of benzene rings is 1. The van der Waals surface area contributed by atoms with Crippen LogP contribution in [-0.2, 0) is 0 Å². The van der Waals surface area contributed by atoms with E-state index in [1.165, 1.54) is 0 Å². The Morgan fingerprint density at radius 2 is 1.89 bits per heavy atom. The Hall–Kier alpha value is -0.320. The van der Waals surface area contributed by atoms with Gasteiger partial charge in [-0.2, -0.15) is 0 Å². The van der Waals surface area contributed by atoms with Gasteiger partial charge < -0.3 is 15.7 Å². The fraction of sp³-hybridized carbons (Fsp3) is 0.571. The normalized spacial score (nSPS) is 14.7. The molecule has 1 aromatic carbocycles. The molecule has 0 spiro atoms. The molecule has 0 aliphatic rings. The molecule has 5 heteroatoms. The highest BCUT2D eigenvalue weighted by Gasteiger charge is 2.13. The van der Waals surface area contributed by atoms with Gasteiger partial charge in [0.05, 0.1) is 16.1 Å². The Morgan fingerprint density at radius 1 is 1.26 bits per heavy atom. The number of hydrogen-bond acceptors (Lipinski definition) is 3. The lowest BCUT2D eigenvalue weighted by molar-refractivity contribution is 0.163. The van der Waals surface area contributed by atoms with Gasteiger partial charge in [0.15, 0.2) is 0 Å². The maximum atomic E-state index is 9.24. The molecular formula is C14H22Cl2N2O. The lowest BCUT2D eigenvalue weighted by atomic mass is 10.0. The van der Waals surface area contributed by atoms with Gasteiger partial charge in [-0.3, -0.25) is 0 Å². The van der Waals surface area contributed by atoms with Gasteiger partial charge in [0.25, 0.3) is 0 Å². The number of rotatable bonds is 7. The topological polar surface area (TPSA) is 49.5 Å². The fourth-order valence-corrected chi connectivity index (χ4v) is 2.29. The summed E-state index contributed by atoms with van der Waals surface area (Å²) < 4.78 is 0. The number of aliphatic hydroxyl groups is 1. The van der Waals surface area contributed by atoms with Gasteiger partial charge in [0.2, 0.25) is 0 Å². The molecule has 0 bridgehead atoms. The van der Waals surface area contributed by atoms with Crippen molar-refractivity contribution in [1.82, 2.24) is 4.90 Å². The van der Waals surface area contributed by atoms with Crippen LogP contribution in [0.2, 0.25) is 10.0 Å². The van der Waals surface area contributed by atoms with E-state index >= 15 is 0 Å². The van der Waals surface area contributed by atoms with Crippen molar-refractivity contribution in [2.75, 3.05) is 20.1 Å². The Labute approximate surface area is 125 Å². The number of hydrogen-bond donors (Lipinski definition) is 2. The van der Waals surface area contributed by atoms with Crippen molar-refractivity contribution in [3.63, 3.8) is 0 Å². The average Bonchev–Trinajstić information content (AvgIpc) is 2.36. The van der Waals surface area contributed by atoms with Crippen LogP contribution in [0.5, 0.6) is 0 Å². The third kappa shape index (κ3) is 5.67. The highest BCUT2D eigenvalue weighted by molar-refractivity contribution is 6.42. The standard InChI is InChI=1S/C14H22Cl2N2O/c1-10(19)6-8-18(2)9-7-13(17)11-4-3-5-12(15)14(11)16/h3-5,10,13,19H,6-9,17H2,1-2H3. The molecule has 0 fully saturated rings. The van der Waals surface area contributed by atoms with E-state index in [1.807, 2.05) is 19.2 Å². The van der Waals surface area contributed by atoms with E-state index < -0.39 is 0 Å². The molecule has 1 aromatic rings. The van der Waals surface area contributed by atoms with Crippen LogP contribution in [0.1, 0.15) is 31.4 Å². The molecule has 108 valence electrons. The number of aliphatic hydroxyl groups excluding tert-OH is 1. The van der Waals surface area contributed by atoms with Crippen molar-refractivity contribution in [2.45, 2.75) is 31.9 Å². The van der Waals surface area contributed by atoms with Gasteiger partial charge >= 0.3 is 0 Å². The minimum atomic E-state index is -0.265. The predicted octanol–water partition coefficient (Wildman–Crippen LogP) is 3.09. The summed E-state index contributed by atoms with van der Waals surface area (Å²) in [5, 5.41) is 10.3. The molecule has 0 radical (unpaired) electrons. The molecule has 3 N–H and O–H groups in total.